The molecule has 0 aliphatic rings. The lowest BCUT2D eigenvalue weighted by Crippen LogP contribution is -1.90. The van der Waals surface area contributed by atoms with Crippen molar-refractivity contribution in [3.05, 3.63) is 21.4 Å². The minimum absolute atomic E-state index is 0.770. The van der Waals surface area contributed by atoms with Gasteiger partial charge in [-0.3, -0.25) is 5.10 Å². The average molecular weight is 273 g/mol. The summed E-state index contributed by atoms with van der Waals surface area (Å²) in [7, 11) is 0. The SMILES string of the molecule is Cc1ccc2c(I)[nH]nc2c1N. The van der Waals surface area contributed by atoms with E-state index in [9.17, 15) is 0 Å². The minimum Gasteiger partial charge on any atom is -0.397 e. The summed E-state index contributed by atoms with van der Waals surface area (Å²) in [5.74, 6) is 0. The van der Waals surface area contributed by atoms with Crippen LogP contribution in [-0.4, -0.2) is 10.2 Å². The molecule has 0 saturated heterocycles. The molecule has 0 saturated carbocycles. The third-order valence-corrected chi connectivity index (χ3v) is 2.76. The molecule has 0 aliphatic heterocycles. The van der Waals surface area contributed by atoms with Gasteiger partial charge < -0.3 is 5.73 Å². The molecule has 4 heteroatoms. The van der Waals surface area contributed by atoms with Gasteiger partial charge in [-0.05, 0) is 41.1 Å². The molecule has 0 radical (unpaired) electrons. The number of aromatic nitrogens is 2. The van der Waals surface area contributed by atoms with Crippen molar-refractivity contribution in [1.29, 1.82) is 0 Å². The van der Waals surface area contributed by atoms with Crippen molar-refractivity contribution in [1.82, 2.24) is 10.2 Å². The van der Waals surface area contributed by atoms with Crippen LogP contribution in [-0.2, 0) is 0 Å². The molecule has 0 fully saturated rings. The fourth-order valence-electron chi connectivity index (χ4n) is 1.17. The van der Waals surface area contributed by atoms with Crippen LogP contribution >= 0.6 is 22.6 Å². The Morgan fingerprint density at radius 1 is 1.50 bits per heavy atom. The first kappa shape index (κ1) is 7.85. The molecule has 3 nitrogen and oxygen atoms in total. The van der Waals surface area contributed by atoms with Crippen molar-refractivity contribution in [2.24, 2.45) is 0 Å². The highest BCUT2D eigenvalue weighted by Gasteiger charge is 2.06. The smallest absolute Gasteiger partial charge is 0.116 e. The first-order chi connectivity index (χ1) is 5.70. The maximum Gasteiger partial charge on any atom is 0.116 e. The van der Waals surface area contributed by atoms with Crippen LogP contribution in [0, 0.1) is 10.6 Å². The monoisotopic (exact) mass is 273 g/mol. The fourth-order valence-corrected chi connectivity index (χ4v) is 1.73. The molecule has 2 rings (SSSR count). The Kier molecular flexibility index (Phi) is 1.71. The Bertz CT molecular complexity index is 433. The number of hydrogen-bond donors (Lipinski definition) is 2. The van der Waals surface area contributed by atoms with E-state index in [0.29, 0.717) is 0 Å². The molecule has 0 atom stereocenters. The van der Waals surface area contributed by atoms with Gasteiger partial charge in [0.05, 0.1) is 5.69 Å². The lowest BCUT2D eigenvalue weighted by atomic mass is 10.1. The van der Waals surface area contributed by atoms with Crippen molar-refractivity contribution in [3.63, 3.8) is 0 Å². The first-order valence-corrected chi connectivity index (χ1v) is 4.66. The third-order valence-electron chi connectivity index (χ3n) is 1.94. The van der Waals surface area contributed by atoms with E-state index in [1.165, 1.54) is 0 Å². The highest BCUT2D eigenvalue weighted by Crippen LogP contribution is 2.25. The maximum absolute atomic E-state index is 5.85. The molecule has 1 aromatic heterocycles. The number of nitrogens with one attached hydrogen (secondary N) is 1. The van der Waals surface area contributed by atoms with Crippen molar-refractivity contribution >= 4 is 39.2 Å². The summed E-state index contributed by atoms with van der Waals surface area (Å²) in [6.45, 7) is 1.98. The number of anilines is 1. The van der Waals surface area contributed by atoms with Crippen LogP contribution in [0.15, 0.2) is 12.1 Å². The molecule has 2 aromatic rings. The molecule has 0 amide bonds. The van der Waals surface area contributed by atoms with Crippen LogP contribution in [0.5, 0.6) is 0 Å². The van der Waals surface area contributed by atoms with E-state index in [0.717, 1.165) is 25.9 Å². The molecule has 0 aliphatic carbocycles. The number of nitrogens with zero attached hydrogens (tertiary/aromatic N) is 1. The highest BCUT2D eigenvalue weighted by atomic mass is 127. The lowest BCUT2D eigenvalue weighted by molar-refractivity contribution is 1.09. The van der Waals surface area contributed by atoms with E-state index >= 15 is 0 Å². The zero-order valence-corrected chi connectivity index (χ0v) is 8.71. The molecule has 0 unspecified atom stereocenters. The minimum atomic E-state index is 0.770. The molecular weight excluding hydrogens is 265 g/mol. The van der Waals surface area contributed by atoms with Crippen LogP contribution < -0.4 is 5.73 Å². The number of H-pyrrole nitrogens is 1. The fraction of sp³-hybridized carbons (Fsp3) is 0.125. The van der Waals surface area contributed by atoms with E-state index in [1.807, 2.05) is 19.1 Å². The third kappa shape index (κ3) is 0.979. The van der Waals surface area contributed by atoms with Crippen LogP contribution in [0.4, 0.5) is 5.69 Å². The Morgan fingerprint density at radius 3 is 3.00 bits per heavy atom. The highest BCUT2D eigenvalue weighted by molar-refractivity contribution is 14.1. The van der Waals surface area contributed by atoms with E-state index in [1.54, 1.807) is 0 Å². The average Bonchev–Trinajstić information content (AvgIpc) is 2.41. The number of fused-ring (bicyclic) bond motifs is 1. The Labute approximate surface area is 83.5 Å². The number of halogens is 1. The van der Waals surface area contributed by atoms with Gasteiger partial charge in [-0.25, -0.2) is 0 Å². The second-order valence-electron chi connectivity index (χ2n) is 2.73. The van der Waals surface area contributed by atoms with E-state index in [2.05, 4.69) is 32.8 Å². The van der Waals surface area contributed by atoms with Crippen molar-refractivity contribution in [2.75, 3.05) is 5.73 Å². The summed E-state index contributed by atoms with van der Waals surface area (Å²) >= 11 is 2.21. The van der Waals surface area contributed by atoms with Crippen molar-refractivity contribution < 1.29 is 0 Å². The predicted octanol–water partition coefficient (Wildman–Crippen LogP) is 2.06. The maximum atomic E-state index is 5.85. The van der Waals surface area contributed by atoms with E-state index < -0.39 is 0 Å². The van der Waals surface area contributed by atoms with Crippen molar-refractivity contribution in [2.45, 2.75) is 6.92 Å². The second-order valence-corrected chi connectivity index (χ2v) is 3.81. The summed E-state index contributed by atoms with van der Waals surface area (Å²) < 4.78 is 1.04. The van der Waals surface area contributed by atoms with Crippen molar-refractivity contribution in [3.8, 4) is 0 Å². The molecule has 0 spiro atoms. The Hall–Kier alpha value is -0.780. The van der Waals surface area contributed by atoms with Gasteiger partial charge in [0.2, 0.25) is 0 Å². The van der Waals surface area contributed by atoms with Crippen LogP contribution in [0.2, 0.25) is 0 Å². The largest absolute Gasteiger partial charge is 0.397 e. The molecule has 12 heavy (non-hydrogen) atoms. The van der Waals surface area contributed by atoms with Crippen LogP contribution in [0.1, 0.15) is 5.56 Å². The lowest BCUT2D eigenvalue weighted by Gasteiger charge is -1.98. The Balaban J connectivity index is 2.93. The molecule has 3 N–H and O–H groups in total. The molecule has 1 heterocycles. The number of nitrogens with two attached hydrogens (primary N) is 1. The summed E-state index contributed by atoms with van der Waals surface area (Å²) in [6, 6.07) is 4.04. The number of hydrogen-bond acceptors (Lipinski definition) is 2. The summed E-state index contributed by atoms with van der Waals surface area (Å²) in [5.41, 5.74) is 8.56. The molecule has 62 valence electrons. The van der Waals surface area contributed by atoms with Gasteiger partial charge in [-0.2, -0.15) is 5.10 Å². The van der Waals surface area contributed by atoms with Gasteiger partial charge in [-0.1, -0.05) is 6.07 Å². The van der Waals surface area contributed by atoms with E-state index in [-0.39, 0.29) is 0 Å². The molecule has 1 aromatic carbocycles. The van der Waals surface area contributed by atoms with Gasteiger partial charge in [0.25, 0.3) is 0 Å². The predicted molar refractivity (Wildman–Crippen MR) is 58.0 cm³/mol. The number of aryl methyl sites for hydroxylation is 1. The number of benzene rings is 1. The van der Waals surface area contributed by atoms with Crippen LogP contribution in [0.3, 0.4) is 0 Å². The first-order valence-electron chi connectivity index (χ1n) is 3.59. The normalized spacial score (nSPS) is 10.8. The standard InChI is InChI=1S/C8H8IN3/c1-4-2-3-5-7(6(4)10)11-12-8(5)9/h2-3H,10H2,1H3,(H,11,12). The zero-order chi connectivity index (χ0) is 8.72. The van der Waals surface area contributed by atoms with Gasteiger partial charge in [0, 0.05) is 5.39 Å². The Morgan fingerprint density at radius 2 is 2.25 bits per heavy atom. The quantitative estimate of drug-likeness (QED) is 0.570. The number of rotatable bonds is 0. The van der Waals surface area contributed by atoms with Gasteiger partial charge in [0.1, 0.15) is 9.22 Å². The van der Waals surface area contributed by atoms with E-state index in [4.69, 9.17) is 5.73 Å². The topological polar surface area (TPSA) is 54.7 Å². The second kappa shape index (κ2) is 2.62. The van der Waals surface area contributed by atoms with Crippen LogP contribution in [0.25, 0.3) is 10.9 Å². The molecular formula is C8H8IN3. The molecule has 0 bridgehead atoms. The number of nitrogen functional groups attached to an aromatic ring is 1. The summed E-state index contributed by atoms with van der Waals surface area (Å²) in [5, 5.41) is 8.12. The number of aromatic amines is 1. The zero-order valence-electron chi connectivity index (χ0n) is 6.56. The summed E-state index contributed by atoms with van der Waals surface area (Å²) in [6.07, 6.45) is 0. The summed E-state index contributed by atoms with van der Waals surface area (Å²) in [4.78, 5) is 0. The van der Waals surface area contributed by atoms with Gasteiger partial charge >= 0.3 is 0 Å². The van der Waals surface area contributed by atoms with Gasteiger partial charge in [-0.15, -0.1) is 0 Å². The van der Waals surface area contributed by atoms with Gasteiger partial charge in [0.15, 0.2) is 0 Å².